The fraction of sp³-hybridized carbons (Fsp3) is 0.471. The van der Waals surface area contributed by atoms with E-state index in [1.54, 1.807) is 11.3 Å². The topological polar surface area (TPSA) is 34.1 Å². The minimum absolute atomic E-state index is 0.753. The van der Waals surface area contributed by atoms with Crippen molar-refractivity contribution in [2.75, 3.05) is 18.5 Å². The summed E-state index contributed by atoms with van der Waals surface area (Å²) in [5.41, 5.74) is 3.66. The second-order valence-electron chi connectivity index (χ2n) is 5.56. The van der Waals surface area contributed by atoms with Crippen molar-refractivity contribution < 1.29 is 4.74 Å². The molecule has 1 aromatic heterocycles. The van der Waals surface area contributed by atoms with Gasteiger partial charge in [0.05, 0.1) is 6.54 Å². The molecule has 0 amide bonds. The maximum Gasteiger partial charge on any atom is 0.112 e. The molecule has 1 aromatic carbocycles. The summed E-state index contributed by atoms with van der Waals surface area (Å²) in [5.74, 6) is 1.08. The van der Waals surface area contributed by atoms with Crippen molar-refractivity contribution in [2.45, 2.75) is 37.3 Å². The highest BCUT2D eigenvalue weighted by Crippen LogP contribution is 2.26. The molecule has 5 heteroatoms. The van der Waals surface area contributed by atoms with Gasteiger partial charge in [-0.15, -0.1) is 11.3 Å². The Labute approximate surface area is 140 Å². The molecular weight excluding hydrogens is 312 g/mol. The molecule has 2 heterocycles. The Kier molecular flexibility index (Phi) is 5.76. The number of nitrogens with zero attached hydrogens (tertiary/aromatic N) is 1. The van der Waals surface area contributed by atoms with E-state index in [9.17, 15) is 0 Å². The van der Waals surface area contributed by atoms with Gasteiger partial charge in [0.25, 0.3) is 0 Å². The van der Waals surface area contributed by atoms with Crippen molar-refractivity contribution in [1.29, 1.82) is 0 Å². The SMILES string of the molecule is Cc1csc(CNc2cccc(CSC3CCOCC3)c2)n1. The number of benzene rings is 1. The van der Waals surface area contributed by atoms with Crippen molar-refractivity contribution in [2.24, 2.45) is 0 Å². The van der Waals surface area contributed by atoms with Crippen molar-refractivity contribution in [3.8, 4) is 0 Å². The van der Waals surface area contributed by atoms with E-state index in [0.29, 0.717) is 0 Å². The second kappa shape index (κ2) is 7.99. The maximum atomic E-state index is 5.42. The molecule has 1 saturated heterocycles. The lowest BCUT2D eigenvalue weighted by Crippen LogP contribution is -2.17. The van der Waals surface area contributed by atoms with E-state index in [-0.39, 0.29) is 0 Å². The van der Waals surface area contributed by atoms with Crippen molar-refractivity contribution in [3.05, 3.63) is 45.9 Å². The lowest BCUT2D eigenvalue weighted by molar-refractivity contribution is 0.1000. The molecule has 3 nitrogen and oxygen atoms in total. The Morgan fingerprint density at radius 2 is 2.23 bits per heavy atom. The summed E-state index contributed by atoms with van der Waals surface area (Å²) >= 11 is 3.77. The van der Waals surface area contributed by atoms with Crippen molar-refractivity contribution in [1.82, 2.24) is 4.98 Å². The number of anilines is 1. The third kappa shape index (κ3) is 4.73. The summed E-state index contributed by atoms with van der Waals surface area (Å²) < 4.78 is 5.42. The number of rotatable bonds is 6. The standard InChI is InChI=1S/C17H22N2OS2/c1-13-11-22-17(19-13)10-18-15-4-2-3-14(9-15)12-21-16-5-7-20-8-6-16/h2-4,9,11,16,18H,5-8,10,12H2,1H3. The average Bonchev–Trinajstić information content (AvgIpc) is 2.98. The molecule has 0 saturated carbocycles. The van der Waals surface area contributed by atoms with E-state index in [4.69, 9.17) is 4.74 Å². The van der Waals surface area contributed by atoms with Gasteiger partial charge >= 0.3 is 0 Å². The van der Waals surface area contributed by atoms with Crippen molar-refractivity contribution >= 4 is 28.8 Å². The van der Waals surface area contributed by atoms with Gasteiger partial charge < -0.3 is 10.1 Å². The van der Waals surface area contributed by atoms with Crippen LogP contribution in [0.2, 0.25) is 0 Å². The first-order valence-electron chi connectivity index (χ1n) is 7.73. The molecule has 3 rings (SSSR count). The Hall–Kier alpha value is -1.04. The van der Waals surface area contributed by atoms with Gasteiger partial charge in [0.15, 0.2) is 0 Å². The summed E-state index contributed by atoms with van der Waals surface area (Å²) in [7, 11) is 0. The van der Waals surface area contributed by atoms with Gasteiger partial charge in [-0.05, 0) is 37.5 Å². The summed E-state index contributed by atoms with van der Waals surface area (Å²) in [6, 6.07) is 8.73. The van der Waals surface area contributed by atoms with Crippen LogP contribution >= 0.6 is 23.1 Å². The number of thiazole rings is 1. The molecule has 1 aliphatic heterocycles. The minimum atomic E-state index is 0.753. The molecule has 0 atom stereocenters. The van der Waals surface area contributed by atoms with Crippen LogP contribution in [0.15, 0.2) is 29.6 Å². The zero-order valence-electron chi connectivity index (χ0n) is 12.9. The first-order chi connectivity index (χ1) is 10.8. The first-order valence-corrected chi connectivity index (χ1v) is 9.65. The van der Waals surface area contributed by atoms with Gasteiger partial charge in [-0.25, -0.2) is 4.98 Å². The van der Waals surface area contributed by atoms with E-state index in [1.807, 2.05) is 6.92 Å². The van der Waals surface area contributed by atoms with E-state index in [2.05, 4.69) is 51.7 Å². The largest absolute Gasteiger partial charge is 0.381 e. The van der Waals surface area contributed by atoms with E-state index >= 15 is 0 Å². The van der Waals surface area contributed by atoms with Crippen LogP contribution in [0, 0.1) is 6.92 Å². The molecule has 0 aliphatic carbocycles. The number of ether oxygens (including phenoxy) is 1. The van der Waals surface area contributed by atoms with Crippen LogP contribution < -0.4 is 5.32 Å². The normalized spacial score (nSPS) is 15.9. The monoisotopic (exact) mass is 334 g/mol. The van der Waals surface area contributed by atoms with Crippen LogP contribution in [-0.4, -0.2) is 23.4 Å². The molecule has 0 radical (unpaired) electrons. The van der Waals surface area contributed by atoms with Crippen LogP contribution in [0.25, 0.3) is 0 Å². The fourth-order valence-corrected chi connectivity index (χ4v) is 4.33. The minimum Gasteiger partial charge on any atom is -0.381 e. The lowest BCUT2D eigenvalue weighted by atomic mass is 10.2. The molecular formula is C17H22N2OS2. The average molecular weight is 335 g/mol. The predicted molar refractivity (Wildman–Crippen MR) is 95.8 cm³/mol. The van der Waals surface area contributed by atoms with Crippen LogP contribution in [-0.2, 0) is 17.0 Å². The van der Waals surface area contributed by atoms with Crippen LogP contribution in [0.3, 0.4) is 0 Å². The van der Waals surface area contributed by atoms with Gasteiger partial charge in [-0.3, -0.25) is 0 Å². The fourth-order valence-electron chi connectivity index (χ4n) is 2.49. The number of hydrogen-bond donors (Lipinski definition) is 1. The highest BCUT2D eigenvalue weighted by Gasteiger charge is 2.14. The molecule has 1 fully saturated rings. The zero-order valence-corrected chi connectivity index (χ0v) is 14.5. The second-order valence-corrected chi connectivity index (χ2v) is 7.79. The van der Waals surface area contributed by atoms with Gasteiger partial charge in [-0.1, -0.05) is 12.1 Å². The summed E-state index contributed by atoms with van der Waals surface area (Å²) in [6.07, 6.45) is 2.37. The molecule has 118 valence electrons. The van der Waals surface area contributed by atoms with Gasteiger partial charge in [0.1, 0.15) is 5.01 Å². The zero-order chi connectivity index (χ0) is 15.2. The van der Waals surface area contributed by atoms with E-state index in [0.717, 1.165) is 41.5 Å². The van der Waals surface area contributed by atoms with Crippen LogP contribution in [0.1, 0.15) is 29.1 Å². The quantitative estimate of drug-likeness (QED) is 0.845. The number of aromatic nitrogens is 1. The maximum absolute atomic E-state index is 5.42. The summed E-state index contributed by atoms with van der Waals surface area (Å²) in [4.78, 5) is 4.49. The number of nitrogens with one attached hydrogen (secondary N) is 1. The van der Waals surface area contributed by atoms with Gasteiger partial charge in [-0.2, -0.15) is 11.8 Å². The van der Waals surface area contributed by atoms with Gasteiger partial charge in [0.2, 0.25) is 0 Å². The molecule has 1 N–H and O–H groups in total. The van der Waals surface area contributed by atoms with E-state index < -0.39 is 0 Å². The Balaban J connectivity index is 1.50. The third-order valence-corrected chi connectivity index (χ3v) is 6.10. The number of hydrogen-bond acceptors (Lipinski definition) is 5. The molecule has 0 spiro atoms. The lowest BCUT2D eigenvalue weighted by Gasteiger charge is -2.21. The number of thioether (sulfide) groups is 1. The first kappa shape index (κ1) is 15.8. The highest BCUT2D eigenvalue weighted by molar-refractivity contribution is 7.99. The molecule has 2 aromatic rings. The third-order valence-electron chi connectivity index (χ3n) is 3.69. The smallest absolute Gasteiger partial charge is 0.112 e. The highest BCUT2D eigenvalue weighted by atomic mass is 32.2. The van der Waals surface area contributed by atoms with Crippen molar-refractivity contribution in [3.63, 3.8) is 0 Å². The summed E-state index contributed by atoms with van der Waals surface area (Å²) in [5, 5.41) is 7.46. The Morgan fingerprint density at radius 3 is 3.00 bits per heavy atom. The van der Waals surface area contributed by atoms with Crippen LogP contribution in [0.4, 0.5) is 5.69 Å². The summed E-state index contributed by atoms with van der Waals surface area (Å²) in [6.45, 7) is 4.68. The molecule has 0 unspecified atom stereocenters. The molecule has 22 heavy (non-hydrogen) atoms. The predicted octanol–water partition coefficient (Wildman–Crippen LogP) is 4.48. The van der Waals surface area contributed by atoms with Crippen LogP contribution in [0.5, 0.6) is 0 Å². The Bertz CT molecular complexity index is 594. The number of aryl methyl sites for hydroxylation is 1. The molecule has 1 aliphatic rings. The van der Waals surface area contributed by atoms with Gasteiger partial charge in [0, 0.05) is 41.0 Å². The molecule has 0 bridgehead atoms. The Morgan fingerprint density at radius 1 is 1.36 bits per heavy atom. The van der Waals surface area contributed by atoms with E-state index in [1.165, 1.54) is 24.1 Å².